The third-order valence-electron chi connectivity index (χ3n) is 4.85. The maximum Gasteiger partial charge on any atom is 0.271 e. The predicted octanol–water partition coefficient (Wildman–Crippen LogP) is 4.10. The van der Waals surface area contributed by atoms with Crippen LogP contribution in [0.5, 0.6) is 0 Å². The highest BCUT2D eigenvalue weighted by Gasteiger charge is 2.13. The van der Waals surface area contributed by atoms with Gasteiger partial charge in [0.1, 0.15) is 0 Å². The van der Waals surface area contributed by atoms with Gasteiger partial charge >= 0.3 is 0 Å². The van der Waals surface area contributed by atoms with Gasteiger partial charge in [0.15, 0.2) is 0 Å². The molecule has 0 heterocycles. The third-order valence-corrected chi connectivity index (χ3v) is 6.25. The van der Waals surface area contributed by atoms with E-state index in [4.69, 9.17) is 0 Å². The van der Waals surface area contributed by atoms with E-state index in [1.54, 1.807) is 24.4 Å². The summed E-state index contributed by atoms with van der Waals surface area (Å²) in [5, 5.41) is 4.00. The summed E-state index contributed by atoms with van der Waals surface area (Å²) in [4.78, 5) is 14.7. The van der Waals surface area contributed by atoms with Crippen molar-refractivity contribution in [3.63, 3.8) is 0 Å². The fraction of sp³-hybridized carbons (Fsp3) is 0.167. The van der Waals surface area contributed by atoms with Crippen molar-refractivity contribution in [2.24, 2.45) is 5.10 Å². The topological polar surface area (TPSA) is 90.9 Å². The maximum absolute atomic E-state index is 12.4. The molecule has 0 spiro atoms. The highest BCUT2D eigenvalue weighted by atomic mass is 32.2. The van der Waals surface area contributed by atoms with Crippen LogP contribution in [0.15, 0.2) is 88.9 Å². The number of carbonyl (C=O) groups is 1. The van der Waals surface area contributed by atoms with Gasteiger partial charge in [-0.2, -0.15) is 5.10 Å². The fourth-order valence-electron chi connectivity index (χ4n) is 3.09. The molecule has 1 amide bonds. The Morgan fingerprint density at radius 2 is 1.53 bits per heavy atom. The average Bonchev–Trinajstić information content (AvgIpc) is 2.81. The molecule has 0 bridgehead atoms. The van der Waals surface area contributed by atoms with Crippen molar-refractivity contribution in [2.45, 2.75) is 18.7 Å². The minimum atomic E-state index is -3.68. The lowest BCUT2D eigenvalue weighted by Gasteiger charge is -2.20. The summed E-state index contributed by atoms with van der Waals surface area (Å²) in [6.07, 6.45) is 1.58. The van der Waals surface area contributed by atoms with Gasteiger partial charge in [-0.3, -0.25) is 9.52 Å². The van der Waals surface area contributed by atoms with Crippen LogP contribution < -0.4 is 15.0 Å². The Balaban J connectivity index is 1.58. The van der Waals surface area contributed by atoms with E-state index in [1.807, 2.05) is 24.3 Å². The van der Waals surface area contributed by atoms with Crippen molar-refractivity contribution in [3.8, 4) is 0 Å². The van der Waals surface area contributed by atoms with Crippen molar-refractivity contribution in [1.82, 2.24) is 5.43 Å². The van der Waals surface area contributed by atoms with Crippen LogP contribution in [-0.2, 0) is 10.0 Å². The minimum Gasteiger partial charge on any atom is -0.372 e. The number of hydrogen-bond acceptors (Lipinski definition) is 5. The molecule has 2 N–H and O–H groups in total. The van der Waals surface area contributed by atoms with Gasteiger partial charge in [0.05, 0.1) is 11.1 Å². The molecule has 0 aliphatic rings. The van der Waals surface area contributed by atoms with Crippen LogP contribution in [0.2, 0.25) is 0 Å². The minimum absolute atomic E-state index is 0.168. The van der Waals surface area contributed by atoms with E-state index < -0.39 is 15.9 Å². The van der Waals surface area contributed by atoms with Gasteiger partial charge in [-0.15, -0.1) is 0 Å². The highest BCUT2D eigenvalue weighted by molar-refractivity contribution is 7.92. The highest BCUT2D eigenvalue weighted by Crippen LogP contribution is 2.17. The van der Waals surface area contributed by atoms with Crippen LogP contribution in [0.1, 0.15) is 29.8 Å². The molecule has 3 rings (SSSR count). The van der Waals surface area contributed by atoms with Crippen molar-refractivity contribution in [1.29, 1.82) is 0 Å². The lowest BCUT2D eigenvalue weighted by Crippen LogP contribution is -2.21. The number of amides is 1. The molecule has 8 heteroatoms. The summed E-state index contributed by atoms with van der Waals surface area (Å²) >= 11 is 0. The molecule has 7 nitrogen and oxygen atoms in total. The van der Waals surface area contributed by atoms with Crippen LogP contribution in [-0.4, -0.2) is 33.6 Å². The lowest BCUT2D eigenvalue weighted by atomic mass is 10.2. The van der Waals surface area contributed by atoms with Gasteiger partial charge in [-0.25, -0.2) is 13.8 Å². The Morgan fingerprint density at radius 1 is 0.906 bits per heavy atom. The zero-order valence-electron chi connectivity index (χ0n) is 18.0. The molecule has 0 unspecified atom stereocenters. The molecule has 0 saturated heterocycles. The monoisotopic (exact) mass is 450 g/mol. The van der Waals surface area contributed by atoms with Crippen molar-refractivity contribution >= 4 is 33.5 Å². The molecule has 0 radical (unpaired) electrons. The first-order valence-corrected chi connectivity index (χ1v) is 11.8. The normalized spacial score (nSPS) is 11.3. The molecule has 32 heavy (non-hydrogen) atoms. The lowest BCUT2D eigenvalue weighted by molar-refractivity contribution is 0.0955. The maximum atomic E-state index is 12.4. The molecule has 3 aromatic carbocycles. The number of benzene rings is 3. The molecule has 3 aromatic rings. The van der Waals surface area contributed by atoms with Crippen LogP contribution in [0.4, 0.5) is 11.4 Å². The second kappa shape index (κ2) is 10.6. The quantitative estimate of drug-likeness (QED) is 0.379. The Morgan fingerprint density at radius 3 is 2.12 bits per heavy atom. The Bertz CT molecular complexity index is 1160. The molecular formula is C24H26N4O3S. The van der Waals surface area contributed by atoms with Gasteiger partial charge in [-0.05, 0) is 67.9 Å². The summed E-state index contributed by atoms with van der Waals surface area (Å²) in [7, 11) is -3.68. The van der Waals surface area contributed by atoms with Crippen LogP contribution in [0.3, 0.4) is 0 Å². The number of anilines is 2. The van der Waals surface area contributed by atoms with Gasteiger partial charge in [0.25, 0.3) is 15.9 Å². The van der Waals surface area contributed by atoms with E-state index >= 15 is 0 Å². The summed E-state index contributed by atoms with van der Waals surface area (Å²) < 4.78 is 27.2. The Labute approximate surface area is 188 Å². The van der Waals surface area contributed by atoms with Crippen LogP contribution >= 0.6 is 0 Å². The van der Waals surface area contributed by atoms with Crippen LogP contribution in [0, 0.1) is 0 Å². The Hall–Kier alpha value is -3.65. The summed E-state index contributed by atoms with van der Waals surface area (Å²) in [5.41, 5.74) is 5.21. The van der Waals surface area contributed by atoms with Crippen molar-refractivity contribution in [3.05, 3.63) is 90.0 Å². The van der Waals surface area contributed by atoms with Crippen molar-refractivity contribution in [2.75, 3.05) is 22.7 Å². The zero-order chi connectivity index (χ0) is 23.0. The van der Waals surface area contributed by atoms with E-state index in [0.717, 1.165) is 24.3 Å². The van der Waals surface area contributed by atoms with E-state index in [1.165, 1.54) is 36.4 Å². The van der Waals surface area contributed by atoms with E-state index in [-0.39, 0.29) is 4.90 Å². The second-order valence-electron chi connectivity index (χ2n) is 6.96. The van der Waals surface area contributed by atoms with Gasteiger partial charge < -0.3 is 4.90 Å². The SMILES string of the molecule is CCN(CC)c1ccc(/C=N/NC(=O)c2ccc(NS(=O)(=O)c3ccccc3)cc2)cc1. The van der Waals surface area contributed by atoms with E-state index in [9.17, 15) is 13.2 Å². The predicted molar refractivity (Wildman–Crippen MR) is 129 cm³/mol. The molecule has 0 aromatic heterocycles. The molecule has 0 aliphatic heterocycles. The van der Waals surface area contributed by atoms with Crippen molar-refractivity contribution < 1.29 is 13.2 Å². The number of hydrazone groups is 1. The summed E-state index contributed by atoms with van der Waals surface area (Å²) in [6, 6.07) is 22.1. The molecule has 166 valence electrons. The Kier molecular flexibility index (Phi) is 7.62. The van der Waals surface area contributed by atoms with Gasteiger partial charge in [-0.1, -0.05) is 30.3 Å². The number of nitrogens with zero attached hydrogens (tertiary/aromatic N) is 2. The van der Waals surface area contributed by atoms with Crippen LogP contribution in [0.25, 0.3) is 0 Å². The number of carbonyl (C=O) groups excluding carboxylic acids is 1. The molecular weight excluding hydrogens is 424 g/mol. The number of hydrogen-bond donors (Lipinski definition) is 2. The van der Waals surface area contributed by atoms with E-state index in [0.29, 0.717) is 11.3 Å². The van der Waals surface area contributed by atoms with Gasteiger partial charge in [0, 0.05) is 30.0 Å². The largest absolute Gasteiger partial charge is 0.372 e. The fourth-order valence-corrected chi connectivity index (χ4v) is 4.17. The zero-order valence-corrected chi connectivity index (χ0v) is 18.8. The standard InChI is InChI=1S/C24H26N4O3S/c1-3-28(4-2)22-16-10-19(11-17-22)18-25-26-24(29)20-12-14-21(15-13-20)27-32(30,31)23-8-6-5-7-9-23/h5-18,27H,3-4H2,1-2H3,(H,26,29)/b25-18+. The third kappa shape index (κ3) is 5.95. The molecule has 0 saturated carbocycles. The number of sulfonamides is 1. The number of nitrogens with one attached hydrogen (secondary N) is 2. The number of rotatable bonds is 9. The molecule has 0 aliphatic carbocycles. The average molecular weight is 451 g/mol. The van der Waals surface area contributed by atoms with Gasteiger partial charge in [0.2, 0.25) is 0 Å². The smallest absolute Gasteiger partial charge is 0.271 e. The second-order valence-corrected chi connectivity index (χ2v) is 8.64. The first-order chi connectivity index (χ1) is 15.4. The summed E-state index contributed by atoms with van der Waals surface area (Å²) in [5.74, 6) is -0.390. The summed E-state index contributed by atoms with van der Waals surface area (Å²) in [6.45, 7) is 6.09. The molecule has 0 fully saturated rings. The first-order valence-electron chi connectivity index (χ1n) is 10.3. The first kappa shape index (κ1) is 23.0. The van der Waals surface area contributed by atoms with E-state index in [2.05, 4.69) is 34.0 Å². The molecule has 0 atom stereocenters.